The molecule has 0 unspecified atom stereocenters. The summed E-state index contributed by atoms with van der Waals surface area (Å²) in [5.41, 5.74) is 7.38. The molecule has 0 aliphatic rings. The van der Waals surface area contributed by atoms with Crippen LogP contribution in [0.2, 0.25) is 0 Å². The van der Waals surface area contributed by atoms with E-state index in [1.165, 1.54) is 11.1 Å². The molecule has 0 bridgehead atoms. The predicted octanol–water partition coefficient (Wildman–Crippen LogP) is 1.96. The van der Waals surface area contributed by atoms with Crippen molar-refractivity contribution in [2.75, 3.05) is 13.7 Å². The summed E-state index contributed by atoms with van der Waals surface area (Å²) in [5.74, 6) is 1.37. The van der Waals surface area contributed by atoms with E-state index in [4.69, 9.17) is 21.7 Å². The summed E-state index contributed by atoms with van der Waals surface area (Å²) in [7, 11) is 1.63. The van der Waals surface area contributed by atoms with Gasteiger partial charge >= 0.3 is 0 Å². The maximum atomic E-state index is 5.95. The van der Waals surface area contributed by atoms with Gasteiger partial charge in [0.2, 0.25) is 5.11 Å². The van der Waals surface area contributed by atoms with E-state index < -0.39 is 0 Å². The molecule has 3 N–H and O–H groups in total. The lowest BCUT2D eigenvalue weighted by atomic mass is 10.1. The average molecular weight is 385 g/mol. The minimum atomic E-state index is 0.491. The smallest absolute Gasteiger partial charge is 0.224 e. The second-order valence-corrected chi connectivity index (χ2v) is 6.52. The molecule has 0 spiro atoms. The van der Waals surface area contributed by atoms with Crippen LogP contribution in [0, 0.1) is 13.8 Å². The molecule has 0 fully saturated rings. The Kier molecular flexibility index (Phi) is 7.82. The molecule has 6 heteroatoms. The zero-order valence-electron chi connectivity index (χ0n) is 16.0. The number of methoxy groups -OCH3 is 1. The number of hydrazine groups is 1. The van der Waals surface area contributed by atoms with Gasteiger partial charge in [0.15, 0.2) is 17.7 Å². The molecule has 0 aromatic heterocycles. The summed E-state index contributed by atoms with van der Waals surface area (Å²) in [6, 6.07) is 12.1. The molecule has 2 rings (SSSR count). The SMILES string of the molecule is C=CCNC(=S)N[NH+]=Cc1ccc(OCc2cc(C)cc(C)c2)c(OC)c1. The molecule has 0 aliphatic carbocycles. The highest BCUT2D eigenvalue weighted by molar-refractivity contribution is 7.80. The van der Waals surface area contributed by atoms with Crippen molar-refractivity contribution in [3.05, 3.63) is 71.3 Å². The second kappa shape index (κ2) is 10.3. The fourth-order valence-corrected chi connectivity index (χ4v) is 2.74. The second-order valence-electron chi connectivity index (χ2n) is 6.11. The number of hydrogen-bond donors (Lipinski definition) is 3. The number of aryl methyl sites for hydroxylation is 2. The van der Waals surface area contributed by atoms with Crippen LogP contribution in [0.15, 0.2) is 49.1 Å². The molecule has 0 aliphatic heterocycles. The normalized spacial score (nSPS) is 10.5. The number of ether oxygens (including phenoxy) is 2. The fourth-order valence-electron chi connectivity index (χ4n) is 2.60. The molecule has 0 amide bonds. The maximum absolute atomic E-state index is 5.95. The van der Waals surface area contributed by atoms with Crippen LogP contribution in [0.3, 0.4) is 0 Å². The van der Waals surface area contributed by atoms with Crippen LogP contribution < -0.4 is 25.3 Å². The van der Waals surface area contributed by atoms with E-state index in [0.29, 0.717) is 29.8 Å². The van der Waals surface area contributed by atoms with Crippen molar-refractivity contribution in [2.45, 2.75) is 20.5 Å². The van der Waals surface area contributed by atoms with Crippen LogP contribution in [-0.2, 0) is 6.61 Å². The Bertz CT molecular complexity index is 814. The topological polar surface area (TPSA) is 56.5 Å². The van der Waals surface area contributed by atoms with Gasteiger partial charge in [-0.3, -0.25) is 0 Å². The quantitative estimate of drug-likeness (QED) is 0.281. The molecular formula is C21H26N3O2S+. The van der Waals surface area contributed by atoms with Crippen LogP contribution in [0.4, 0.5) is 0 Å². The Morgan fingerprint density at radius 1 is 1.15 bits per heavy atom. The fraction of sp³-hybridized carbons (Fsp3) is 0.238. The van der Waals surface area contributed by atoms with Crippen LogP contribution in [0.25, 0.3) is 0 Å². The van der Waals surface area contributed by atoms with Crippen LogP contribution >= 0.6 is 12.2 Å². The maximum Gasteiger partial charge on any atom is 0.224 e. The van der Waals surface area contributed by atoms with Gasteiger partial charge in [-0.05, 0) is 49.8 Å². The molecule has 0 atom stereocenters. The lowest BCUT2D eigenvalue weighted by Gasteiger charge is -2.12. The summed E-state index contributed by atoms with van der Waals surface area (Å²) in [6.45, 7) is 8.89. The average Bonchev–Trinajstić information content (AvgIpc) is 2.64. The van der Waals surface area contributed by atoms with Crippen molar-refractivity contribution < 1.29 is 14.6 Å². The molecule has 0 saturated carbocycles. The summed E-state index contributed by atoms with van der Waals surface area (Å²) < 4.78 is 11.4. The van der Waals surface area contributed by atoms with E-state index in [-0.39, 0.29) is 0 Å². The van der Waals surface area contributed by atoms with Gasteiger partial charge in [0.1, 0.15) is 6.61 Å². The van der Waals surface area contributed by atoms with Crippen molar-refractivity contribution in [2.24, 2.45) is 0 Å². The zero-order chi connectivity index (χ0) is 19.6. The van der Waals surface area contributed by atoms with Gasteiger partial charge in [-0.15, -0.1) is 17.1 Å². The van der Waals surface area contributed by atoms with Crippen LogP contribution in [0.1, 0.15) is 22.3 Å². The standard InChI is InChI=1S/C21H25N3O2S/c1-5-8-22-21(27)24-23-13-17-6-7-19(20(12-17)25-4)26-14-18-10-15(2)9-16(3)11-18/h5-7,9-13H,1,8,14H2,2-4H3,(H2,22,24,27)/p+1. The molecule has 0 radical (unpaired) electrons. The number of nitrogens with one attached hydrogen (secondary N) is 3. The minimum Gasteiger partial charge on any atom is -0.493 e. The molecule has 27 heavy (non-hydrogen) atoms. The third-order valence-corrected chi connectivity index (χ3v) is 3.94. The number of rotatable bonds is 8. The summed E-state index contributed by atoms with van der Waals surface area (Å²) in [4.78, 5) is 0. The predicted molar refractivity (Wildman–Crippen MR) is 113 cm³/mol. The first-order chi connectivity index (χ1) is 13.0. The van der Waals surface area contributed by atoms with Crippen molar-refractivity contribution in [1.82, 2.24) is 10.7 Å². The third-order valence-electron chi connectivity index (χ3n) is 3.69. The Morgan fingerprint density at radius 2 is 1.89 bits per heavy atom. The monoisotopic (exact) mass is 384 g/mol. The molecule has 0 saturated heterocycles. The van der Waals surface area contributed by atoms with E-state index in [2.05, 4.69) is 54.5 Å². The number of benzene rings is 2. The van der Waals surface area contributed by atoms with Crippen molar-refractivity contribution in [3.63, 3.8) is 0 Å². The van der Waals surface area contributed by atoms with Gasteiger partial charge in [-0.2, -0.15) is 0 Å². The number of thiocarbonyl (C=S) groups is 1. The Hall–Kier alpha value is -2.86. The Balaban J connectivity index is 2.00. The van der Waals surface area contributed by atoms with Gasteiger partial charge in [-0.1, -0.05) is 35.4 Å². The first-order valence-electron chi connectivity index (χ1n) is 8.63. The summed E-state index contributed by atoms with van der Waals surface area (Å²) >= 11 is 5.11. The van der Waals surface area contributed by atoms with Gasteiger partial charge in [0.25, 0.3) is 0 Å². The first kappa shape index (κ1) is 20.5. The highest BCUT2D eigenvalue weighted by atomic mass is 32.1. The van der Waals surface area contributed by atoms with Crippen molar-refractivity contribution in [3.8, 4) is 11.5 Å². The lowest BCUT2D eigenvalue weighted by molar-refractivity contribution is -0.500. The lowest BCUT2D eigenvalue weighted by Crippen LogP contribution is -2.82. The van der Waals surface area contributed by atoms with Crippen LogP contribution in [0.5, 0.6) is 11.5 Å². The number of hydrazone groups is 1. The summed E-state index contributed by atoms with van der Waals surface area (Å²) in [5, 5.41) is 6.40. The molecule has 142 valence electrons. The molecule has 2 aromatic carbocycles. The van der Waals surface area contributed by atoms with Gasteiger partial charge < -0.3 is 14.8 Å². The van der Waals surface area contributed by atoms with E-state index in [1.807, 2.05) is 18.2 Å². The highest BCUT2D eigenvalue weighted by Crippen LogP contribution is 2.28. The first-order valence-corrected chi connectivity index (χ1v) is 9.04. The van der Waals surface area contributed by atoms with Crippen molar-refractivity contribution in [1.29, 1.82) is 0 Å². The van der Waals surface area contributed by atoms with E-state index >= 15 is 0 Å². The van der Waals surface area contributed by atoms with Gasteiger partial charge in [-0.25, -0.2) is 0 Å². The summed E-state index contributed by atoms with van der Waals surface area (Å²) in [6.07, 6.45) is 3.53. The van der Waals surface area contributed by atoms with E-state index in [9.17, 15) is 0 Å². The molecular weight excluding hydrogens is 358 g/mol. The van der Waals surface area contributed by atoms with Gasteiger partial charge in [0.05, 0.1) is 7.11 Å². The minimum absolute atomic E-state index is 0.491. The molecule has 2 aromatic rings. The van der Waals surface area contributed by atoms with E-state index in [0.717, 1.165) is 11.1 Å². The Labute approximate surface area is 166 Å². The van der Waals surface area contributed by atoms with Crippen molar-refractivity contribution >= 4 is 23.5 Å². The highest BCUT2D eigenvalue weighted by Gasteiger charge is 2.07. The number of hydrogen-bond acceptors (Lipinski definition) is 3. The third kappa shape index (κ3) is 6.75. The van der Waals surface area contributed by atoms with Crippen LogP contribution in [-0.4, -0.2) is 25.0 Å². The molecule has 5 nitrogen and oxygen atoms in total. The van der Waals surface area contributed by atoms with Gasteiger partial charge in [0, 0.05) is 12.1 Å². The Morgan fingerprint density at radius 3 is 2.56 bits per heavy atom. The molecule has 0 heterocycles. The largest absolute Gasteiger partial charge is 0.493 e. The zero-order valence-corrected chi connectivity index (χ0v) is 16.8. The van der Waals surface area contributed by atoms with E-state index in [1.54, 1.807) is 19.4 Å².